The second-order valence-electron chi connectivity index (χ2n) is 11.9. The molecule has 1 heterocycles. The van der Waals surface area contributed by atoms with Crippen molar-refractivity contribution >= 4 is 5.97 Å². The molecule has 8 heteroatoms. The number of rotatable bonds is 12. The molecule has 0 spiro atoms. The quantitative estimate of drug-likeness (QED) is 0.155. The van der Waals surface area contributed by atoms with Gasteiger partial charge < -0.3 is 18.9 Å². The molecule has 0 N–H and O–H groups in total. The summed E-state index contributed by atoms with van der Waals surface area (Å²) in [5, 5.41) is 0. The Labute approximate surface area is 255 Å². The van der Waals surface area contributed by atoms with Crippen molar-refractivity contribution in [1.82, 2.24) is 15.0 Å². The van der Waals surface area contributed by atoms with Gasteiger partial charge in [0.05, 0.1) is 12.5 Å². The van der Waals surface area contributed by atoms with Crippen LogP contribution in [0.15, 0.2) is 54.6 Å². The average molecular weight is 588 g/mol. The van der Waals surface area contributed by atoms with Crippen LogP contribution in [0.25, 0.3) is 0 Å². The lowest BCUT2D eigenvalue weighted by molar-refractivity contribution is -0.140. The third-order valence-electron chi connectivity index (χ3n) is 8.67. The zero-order chi connectivity index (χ0) is 29.7. The molecular formula is C35H45N3O5. The van der Waals surface area contributed by atoms with Gasteiger partial charge in [-0.05, 0) is 68.6 Å². The molecule has 0 bridgehead atoms. The first-order valence-corrected chi connectivity index (χ1v) is 16.1. The van der Waals surface area contributed by atoms with Crippen LogP contribution in [0.5, 0.6) is 23.8 Å². The van der Waals surface area contributed by atoms with E-state index < -0.39 is 0 Å². The minimum absolute atomic E-state index is 0.0108. The van der Waals surface area contributed by atoms with E-state index in [2.05, 4.69) is 39.2 Å². The predicted octanol–water partition coefficient (Wildman–Crippen LogP) is 8.00. The van der Waals surface area contributed by atoms with Crippen molar-refractivity contribution in [3.05, 3.63) is 65.7 Å². The number of carbonyl (C=O) groups excluding carboxylic acids is 1. The second kappa shape index (κ2) is 16.4. The maximum Gasteiger partial charge on any atom is 0.333 e. The Morgan fingerprint density at radius 1 is 0.721 bits per heavy atom. The molecule has 0 amide bonds. The van der Waals surface area contributed by atoms with Gasteiger partial charge in [-0.15, -0.1) is 15.0 Å². The Morgan fingerprint density at radius 3 is 2.26 bits per heavy atom. The van der Waals surface area contributed by atoms with Crippen LogP contribution < -0.4 is 14.2 Å². The first kappa shape index (κ1) is 30.9. The molecule has 0 radical (unpaired) electrons. The normalized spacial score (nSPS) is 19.7. The van der Waals surface area contributed by atoms with Crippen molar-refractivity contribution in [2.45, 2.75) is 89.9 Å². The summed E-state index contributed by atoms with van der Waals surface area (Å²) in [5.74, 6) is 1.26. The van der Waals surface area contributed by atoms with Crippen molar-refractivity contribution in [1.29, 1.82) is 0 Å². The van der Waals surface area contributed by atoms with Crippen molar-refractivity contribution in [3.63, 3.8) is 0 Å². The zero-order valence-corrected chi connectivity index (χ0v) is 25.4. The van der Waals surface area contributed by atoms with Crippen molar-refractivity contribution in [3.8, 4) is 23.8 Å². The number of aromatic nitrogens is 3. The van der Waals surface area contributed by atoms with E-state index >= 15 is 0 Å². The number of ether oxygens (including phenoxy) is 4. The highest BCUT2D eigenvalue weighted by atomic mass is 16.6. The summed E-state index contributed by atoms with van der Waals surface area (Å²) in [7, 11) is 0. The maximum atomic E-state index is 13.3. The van der Waals surface area contributed by atoms with E-state index in [0.29, 0.717) is 18.3 Å². The largest absolute Gasteiger partial charge is 0.461 e. The molecular weight excluding hydrogens is 542 g/mol. The van der Waals surface area contributed by atoms with Gasteiger partial charge in [0.2, 0.25) is 0 Å². The Bertz CT molecular complexity index is 1260. The highest BCUT2D eigenvalue weighted by molar-refractivity contribution is 5.74. The predicted molar refractivity (Wildman–Crippen MR) is 165 cm³/mol. The van der Waals surface area contributed by atoms with Gasteiger partial charge in [0.15, 0.2) is 0 Å². The highest BCUT2D eigenvalue weighted by Crippen LogP contribution is 2.34. The summed E-state index contributed by atoms with van der Waals surface area (Å²) in [6.07, 6.45) is 13.5. The lowest BCUT2D eigenvalue weighted by Gasteiger charge is -2.24. The van der Waals surface area contributed by atoms with Gasteiger partial charge in [0, 0.05) is 6.61 Å². The fourth-order valence-corrected chi connectivity index (χ4v) is 6.15. The number of esters is 1. The minimum atomic E-state index is -0.321. The van der Waals surface area contributed by atoms with Crippen molar-refractivity contribution in [2.75, 3.05) is 19.8 Å². The number of aryl methyl sites for hydroxylation is 1. The van der Waals surface area contributed by atoms with E-state index in [1.54, 1.807) is 0 Å². The summed E-state index contributed by atoms with van der Waals surface area (Å²) in [6, 6.07) is 18.1. The molecule has 2 fully saturated rings. The monoisotopic (exact) mass is 587 g/mol. The van der Waals surface area contributed by atoms with Crippen LogP contribution in [-0.4, -0.2) is 40.7 Å². The Morgan fingerprint density at radius 2 is 1.44 bits per heavy atom. The molecule has 2 atom stereocenters. The van der Waals surface area contributed by atoms with Crippen LogP contribution in [0.3, 0.4) is 0 Å². The fraction of sp³-hybridized carbons (Fsp3) is 0.543. The summed E-state index contributed by atoms with van der Waals surface area (Å²) in [4.78, 5) is 26.2. The number of nitrogens with zero attached hydrogens (tertiary/aromatic N) is 3. The number of carbonyl (C=O) groups is 1. The first-order valence-electron chi connectivity index (χ1n) is 16.1. The van der Waals surface area contributed by atoms with E-state index in [0.717, 1.165) is 63.0 Å². The lowest BCUT2D eigenvalue weighted by Crippen LogP contribution is -2.24. The summed E-state index contributed by atoms with van der Waals surface area (Å²) in [6.45, 7) is 3.43. The van der Waals surface area contributed by atoms with E-state index in [1.165, 1.54) is 37.7 Å². The Hall–Kier alpha value is -3.52. The van der Waals surface area contributed by atoms with Gasteiger partial charge >= 0.3 is 24.0 Å². The third-order valence-corrected chi connectivity index (χ3v) is 8.67. The topological polar surface area (TPSA) is 92.7 Å². The van der Waals surface area contributed by atoms with Gasteiger partial charge in [-0.25, -0.2) is 0 Å². The Kier molecular flexibility index (Phi) is 11.8. The molecule has 2 unspecified atom stereocenters. The molecule has 2 aliphatic carbocycles. The standard InChI is InChI=1S/C35H45N3O5/c1-26-16-20-31(21-17-26)42-34-36-33(41-25-24-40-23-22-27-10-4-2-5-11-27)37-35(38-34)43-32(39)30-15-9-8-14-29(18-19-30)28-12-6-3-7-13-28/h3,6-7,12-13,16-17,20-21,27,29-30H,2,4-5,8-11,14-15,18-19,22-25H2,1H3. The second-order valence-corrected chi connectivity index (χ2v) is 11.9. The Balaban J connectivity index is 1.19. The molecule has 230 valence electrons. The molecule has 3 aromatic rings. The number of hydrogen-bond acceptors (Lipinski definition) is 8. The van der Waals surface area contributed by atoms with Crippen LogP contribution in [0.1, 0.15) is 94.1 Å². The van der Waals surface area contributed by atoms with Crippen LogP contribution in [0, 0.1) is 18.8 Å². The average Bonchev–Trinajstić information content (AvgIpc) is 3.01. The van der Waals surface area contributed by atoms with E-state index in [4.69, 9.17) is 18.9 Å². The van der Waals surface area contributed by atoms with Crippen molar-refractivity contribution in [2.24, 2.45) is 11.8 Å². The molecule has 0 saturated heterocycles. The van der Waals surface area contributed by atoms with Gasteiger partial charge in [-0.2, -0.15) is 0 Å². The lowest BCUT2D eigenvalue weighted by atomic mass is 9.82. The molecule has 1 aromatic heterocycles. The molecule has 0 aliphatic heterocycles. The smallest absolute Gasteiger partial charge is 0.333 e. The van der Waals surface area contributed by atoms with Crippen LogP contribution >= 0.6 is 0 Å². The molecule has 2 aliphatic rings. The molecule has 8 nitrogen and oxygen atoms in total. The van der Waals surface area contributed by atoms with Gasteiger partial charge in [0.1, 0.15) is 12.4 Å². The number of hydrogen-bond donors (Lipinski definition) is 0. The highest BCUT2D eigenvalue weighted by Gasteiger charge is 2.26. The summed E-state index contributed by atoms with van der Waals surface area (Å²) >= 11 is 0. The van der Waals surface area contributed by atoms with E-state index in [-0.39, 0.29) is 36.5 Å². The molecule has 43 heavy (non-hydrogen) atoms. The van der Waals surface area contributed by atoms with Crippen molar-refractivity contribution < 1.29 is 23.7 Å². The van der Waals surface area contributed by atoms with Gasteiger partial charge in [0.25, 0.3) is 0 Å². The van der Waals surface area contributed by atoms with E-state index in [9.17, 15) is 4.79 Å². The SMILES string of the molecule is Cc1ccc(Oc2nc(OCCOCCC3CCCCC3)nc(OC(=O)C3CCCCC(c4ccccc4)CC3)n2)cc1. The summed E-state index contributed by atoms with van der Waals surface area (Å²) in [5.41, 5.74) is 2.45. The van der Waals surface area contributed by atoms with Gasteiger partial charge in [-0.1, -0.05) is 93.0 Å². The molecule has 2 aromatic carbocycles. The maximum absolute atomic E-state index is 13.3. The van der Waals surface area contributed by atoms with E-state index in [1.807, 2.05) is 37.3 Å². The third kappa shape index (κ3) is 10.0. The zero-order valence-electron chi connectivity index (χ0n) is 25.4. The van der Waals surface area contributed by atoms with Crippen LogP contribution in [0.4, 0.5) is 0 Å². The van der Waals surface area contributed by atoms with Crippen LogP contribution in [0.2, 0.25) is 0 Å². The summed E-state index contributed by atoms with van der Waals surface area (Å²) < 4.78 is 23.3. The first-order chi connectivity index (χ1) is 21.1. The fourth-order valence-electron chi connectivity index (χ4n) is 6.15. The molecule has 5 rings (SSSR count). The van der Waals surface area contributed by atoms with Crippen LogP contribution in [-0.2, 0) is 9.53 Å². The van der Waals surface area contributed by atoms with Gasteiger partial charge in [-0.3, -0.25) is 4.79 Å². The molecule has 2 saturated carbocycles. The minimum Gasteiger partial charge on any atom is -0.461 e. The number of benzene rings is 2.